The third kappa shape index (κ3) is 3.39. The zero-order valence-electron chi connectivity index (χ0n) is 18.2. The van der Waals surface area contributed by atoms with Gasteiger partial charge in [-0.05, 0) is 50.1 Å². The number of hydrogen-bond donors (Lipinski definition) is 1. The quantitative estimate of drug-likeness (QED) is 0.234. The first-order valence-corrected chi connectivity index (χ1v) is 11.8. The van der Waals surface area contributed by atoms with Crippen LogP contribution in [0.5, 0.6) is 0 Å². The molecule has 172 valence electrons. The van der Waals surface area contributed by atoms with E-state index in [4.69, 9.17) is 23.2 Å². The number of halogens is 2. The summed E-state index contributed by atoms with van der Waals surface area (Å²) in [5, 5.41) is 20.9. The molecule has 0 bridgehead atoms. The van der Waals surface area contributed by atoms with E-state index in [0.29, 0.717) is 26.9 Å². The van der Waals surface area contributed by atoms with E-state index in [-0.39, 0.29) is 27.2 Å². The summed E-state index contributed by atoms with van der Waals surface area (Å²) >= 11 is 13.5. The molecule has 1 unspecified atom stereocenters. The van der Waals surface area contributed by atoms with Gasteiger partial charge in [-0.1, -0.05) is 46.7 Å². The van der Waals surface area contributed by atoms with Crippen molar-refractivity contribution in [2.24, 2.45) is 0 Å². The van der Waals surface area contributed by atoms with Gasteiger partial charge in [-0.2, -0.15) is 0 Å². The van der Waals surface area contributed by atoms with E-state index >= 15 is 0 Å². The standard InChI is InChI=1S/C23H17Cl2N5O3S/c1-10-5-4-8-29-11(2)17(26-21(10)29)19(31)16-18(13-6-7-14(24)15(25)9-13)30(22(33)20(16)32)23-28-27-12(3)34-23/h4-9,18,31H,1-3H3. The van der Waals surface area contributed by atoms with Gasteiger partial charge < -0.3 is 9.51 Å². The number of ketones is 1. The molecule has 5 rings (SSSR count). The molecule has 4 heterocycles. The number of fused-ring (bicyclic) bond motifs is 1. The molecule has 1 amide bonds. The van der Waals surface area contributed by atoms with Crippen molar-refractivity contribution in [1.29, 1.82) is 0 Å². The zero-order chi connectivity index (χ0) is 24.3. The number of anilines is 1. The molecule has 1 aromatic carbocycles. The second-order valence-corrected chi connectivity index (χ2v) is 9.85. The van der Waals surface area contributed by atoms with E-state index in [1.165, 1.54) is 4.90 Å². The summed E-state index contributed by atoms with van der Waals surface area (Å²) in [6.07, 6.45) is 1.82. The lowest BCUT2D eigenvalue weighted by atomic mass is 9.96. The lowest BCUT2D eigenvalue weighted by Crippen LogP contribution is -2.29. The van der Waals surface area contributed by atoms with Crippen LogP contribution in [0.1, 0.15) is 33.6 Å². The van der Waals surface area contributed by atoms with Crippen molar-refractivity contribution in [3.05, 3.63) is 79.7 Å². The minimum Gasteiger partial charge on any atom is -0.505 e. The molecular formula is C23H17Cl2N5O3S. The smallest absolute Gasteiger partial charge is 0.301 e. The van der Waals surface area contributed by atoms with Crippen LogP contribution in [0.4, 0.5) is 5.13 Å². The first-order valence-electron chi connectivity index (χ1n) is 10.2. The van der Waals surface area contributed by atoms with Crippen LogP contribution in [0.3, 0.4) is 0 Å². The number of hydrogen-bond acceptors (Lipinski definition) is 7. The number of pyridine rings is 1. The number of aliphatic hydroxyl groups is 1. The number of amides is 1. The van der Waals surface area contributed by atoms with Gasteiger partial charge in [0, 0.05) is 6.20 Å². The summed E-state index contributed by atoms with van der Waals surface area (Å²) in [7, 11) is 0. The van der Waals surface area contributed by atoms with E-state index in [2.05, 4.69) is 15.2 Å². The summed E-state index contributed by atoms with van der Waals surface area (Å²) in [5.74, 6) is -2.06. The number of Topliss-reactive ketones (excluding diaryl/α,β-unsaturated/α-hetero) is 1. The summed E-state index contributed by atoms with van der Waals surface area (Å²) in [4.78, 5) is 32.3. The number of aromatic nitrogens is 4. The van der Waals surface area contributed by atoms with Crippen LogP contribution < -0.4 is 4.90 Å². The third-order valence-electron chi connectivity index (χ3n) is 5.73. The first-order chi connectivity index (χ1) is 16.2. The van der Waals surface area contributed by atoms with Crippen molar-refractivity contribution in [2.45, 2.75) is 26.8 Å². The number of nitrogens with zero attached hydrogens (tertiary/aromatic N) is 5. The highest BCUT2D eigenvalue weighted by Crippen LogP contribution is 2.44. The van der Waals surface area contributed by atoms with Crippen molar-refractivity contribution in [1.82, 2.24) is 19.6 Å². The molecule has 1 N–H and O–H groups in total. The van der Waals surface area contributed by atoms with Crippen LogP contribution in [0.15, 0.2) is 42.1 Å². The monoisotopic (exact) mass is 513 g/mol. The molecule has 11 heteroatoms. The molecule has 8 nitrogen and oxygen atoms in total. The van der Waals surface area contributed by atoms with Crippen LogP contribution in [-0.2, 0) is 9.59 Å². The van der Waals surface area contributed by atoms with Crippen molar-refractivity contribution < 1.29 is 14.7 Å². The average molecular weight is 514 g/mol. The predicted molar refractivity (Wildman–Crippen MR) is 131 cm³/mol. The Kier molecular flexibility index (Phi) is 5.43. The van der Waals surface area contributed by atoms with Gasteiger partial charge in [0.25, 0.3) is 5.78 Å². The molecule has 1 aliphatic heterocycles. The van der Waals surface area contributed by atoms with Gasteiger partial charge in [-0.15, -0.1) is 10.2 Å². The van der Waals surface area contributed by atoms with Crippen LogP contribution in [0, 0.1) is 20.8 Å². The molecule has 0 saturated carbocycles. The third-order valence-corrected chi connectivity index (χ3v) is 7.31. The van der Waals surface area contributed by atoms with Crippen LogP contribution in [0.2, 0.25) is 10.0 Å². The maximum atomic E-state index is 13.3. The van der Waals surface area contributed by atoms with Crippen LogP contribution >= 0.6 is 34.5 Å². The Morgan fingerprint density at radius 1 is 1.09 bits per heavy atom. The molecule has 0 radical (unpaired) electrons. The summed E-state index contributed by atoms with van der Waals surface area (Å²) in [6.45, 7) is 5.43. The fourth-order valence-electron chi connectivity index (χ4n) is 4.09. The Morgan fingerprint density at radius 2 is 1.85 bits per heavy atom. The van der Waals surface area contributed by atoms with Gasteiger partial charge in [-0.25, -0.2) is 4.98 Å². The Bertz CT molecular complexity index is 1540. The number of carbonyl (C=O) groups excluding carboxylic acids is 2. The largest absolute Gasteiger partial charge is 0.505 e. The number of imidazole rings is 1. The molecule has 1 saturated heterocycles. The maximum absolute atomic E-state index is 13.3. The number of benzene rings is 1. The van der Waals surface area contributed by atoms with Crippen LogP contribution in [-0.4, -0.2) is 36.4 Å². The van der Waals surface area contributed by atoms with E-state index in [1.54, 1.807) is 32.0 Å². The first kappa shape index (κ1) is 22.5. The normalized spacial score (nSPS) is 17.8. The molecule has 4 aromatic rings. The Hall–Kier alpha value is -3.27. The van der Waals surface area contributed by atoms with Gasteiger partial charge in [0.15, 0.2) is 5.76 Å². The highest BCUT2D eigenvalue weighted by atomic mass is 35.5. The predicted octanol–water partition coefficient (Wildman–Crippen LogP) is 5.04. The second kappa shape index (κ2) is 8.19. The maximum Gasteiger partial charge on any atom is 0.301 e. The van der Waals surface area contributed by atoms with Crippen molar-refractivity contribution in [2.75, 3.05) is 4.90 Å². The molecule has 1 aliphatic rings. The molecule has 3 aromatic heterocycles. The average Bonchev–Trinajstić information content (AvgIpc) is 3.45. The molecule has 1 fully saturated rings. The molecule has 0 aliphatic carbocycles. The molecule has 1 atom stereocenters. The lowest BCUT2D eigenvalue weighted by Gasteiger charge is -2.22. The molecular weight excluding hydrogens is 497 g/mol. The minimum absolute atomic E-state index is 0.111. The lowest BCUT2D eigenvalue weighted by molar-refractivity contribution is -0.132. The Labute approximate surface area is 208 Å². The van der Waals surface area contributed by atoms with Gasteiger partial charge in [0.2, 0.25) is 5.13 Å². The van der Waals surface area contributed by atoms with E-state index < -0.39 is 17.7 Å². The zero-order valence-corrected chi connectivity index (χ0v) is 20.5. The summed E-state index contributed by atoms with van der Waals surface area (Å²) in [5.41, 5.74) is 2.76. The number of rotatable bonds is 3. The van der Waals surface area contributed by atoms with Crippen LogP contribution in [0.25, 0.3) is 11.4 Å². The summed E-state index contributed by atoms with van der Waals surface area (Å²) in [6, 6.07) is 7.57. The fraction of sp³-hybridized carbons (Fsp3) is 0.174. The number of aryl methyl sites for hydroxylation is 3. The second-order valence-electron chi connectivity index (χ2n) is 7.88. The van der Waals surface area contributed by atoms with E-state index in [0.717, 1.165) is 16.9 Å². The topological polar surface area (TPSA) is 101 Å². The van der Waals surface area contributed by atoms with E-state index in [9.17, 15) is 14.7 Å². The number of carbonyl (C=O) groups is 2. The summed E-state index contributed by atoms with van der Waals surface area (Å²) < 4.78 is 1.82. The highest BCUT2D eigenvalue weighted by Gasteiger charge is 2.48. The van der Waals surface area contributed by atoms with Crippen molar-refractivity contribution in [3.63, 3.8) is 0 Å². The van der Waals surface area contributed by atoms with Gasteiger partial charge in [0.1, 0.15) is 16.3 Å². The van der Waals surface area contributed by atoms with Crippen molar-refractivity contribution >= 4 is 62.8 Å². The molecule has 34 heavy (non-hydrogen) atoms. The molecule has 0 spiro atoms. The van der Waals surface area contributed by atoms with Gasteiger partial charge in [0.05, 0.1) is 27.4 Å². The fourth-order valence-corrected chi connectivity index (χ4v) is 5.11. The minimum atomic E-state index is -0.993. The SMILES string of the molecule is Cc1nnc(N2C(=O)C(=O)C(=C(O)c3nc4c(C)cccn4c3C)C2c2ccc(Cl)c(Cl)c2)s1. The Balaban J connectivity index is 1.78. The van der Waals surface area contributed by atoms with Gasteiger partial charge >= 0.3 is 5.91 Å². The van der Waals surface area contributed by atoms with Crippen molar-refractivity contribution in [3.8, 4) is 0 Å². The van der Waals surface area contributed by atoms with E-state index in [1.807, 2.05) is 29.7 Å². The number of aliphatic hydroxyl groups excluding tert-OH is 1. The van der Waals surface area contributed by atoms with Gasteiger partial charge in [-0.3, -0.25) is 14.5 Å². The Morgan fingerprint density at radius 3 is 2.50 bits per heavy atom. The highest BCUT2D eigenvalue weighted by molar-refractivity contribution is 7.15.